The van der Waals surface area contributed by atoms with Crippen LogP contribution in [0.2, 0.25) is 0 Å². The van der Waals surface area contributed by atoms with E-state index in [0.29, 0.717) is 0 Å². The molecular weight excluding hydrogens is 412 g/mol. The van der Waals surface area contributed by atoms with Crippen molar-refractivity contribution in [2.24, 2.45) is 0 Å². The Balaban J connectivity index is -0.0000000267. The Morgan fingerprint density at radius 2 is 0.750 bits per heavy atom. The molecule has 0 aromatic rings. The molecule has 0 aromatic heterocycles. The first kappa shape index (κ1) is 22.5. The van der Waals surface area contributed by atoms with E-state index in [1.807, 2.05) is 0 Å². The van der Waals surface area contributed by atoms with Crippen molar-refractivity contribution in [2.45, 2.75) is 0 Å². The van der Waals surface area contributed by atoms with Crippen LogP contribution in [0.3, 0.4) is 0 Å². The van der Waals surface area contributed by atoms with Crippen LogP contribution in [0, 0.1) is 98.8 Å². The van der Waals surface area contributed by atoms with Gasteiger partial charge in [0.1, 0.15) is 0 Å². The van der Waals surface area contributed by atoms with Crippen molar-refractivity contribution in [1.82, 2.24) is 0 Å². The van der Waals surface area contributed by atoms with Crippen LogP contribution in [0.4, 0.5) is 0 Å². The van der Waals surface area contributed by atoms with Gasteiger partial charge in [-0.05, 0) is 0 Å². The zero-order valence-corrected chi connectivity index (χ0v) is 9.15. The van der Waals surface area contributed by atoms with Gasteiger partial charge in [0.2, 0.25) is 0 Å². The summed E-state index contributed by atoms with van der Waals surface area (Å²) in [7, 11) is -5.61. The van der Waals surface area contributed by atoms with Gasteiger partial charge in [0.05, 0.1) is 0 Å². The van der Waals surface area contributed by atoms with Crippen LogP contribution < -0.4 is 19.2 Å². The largest absolute Gasteiger partial charge is 3.00 e. The Bertz CT molecular complexity index is 25.9. The van der Waals surface area contributed by atoms with Crippen molar-refractivity contribution in [3.05, 3.63) is 0 Å². The molecule has 0 unspecified atom stereocenters. The van der Waals surface area contributed by atoms with Gasteiger partial charge >= 0.3 is 98.8 Å². The summed E-state index contributed by atoms with van der Waals surface area (Å²) in [4.78, 5) is 34.3. The third-order valence-corrected chi connectivity index (χ3v) is 0. The van der Waals surface area contributed by atoms with Crippen LogP contribution in [-0.4, -0.2) is 9.05 Å². The molecule has 5 nitrogen and oxygen atoms in total. The quantitative estimate of drug-likeness (QED) is 0.370. The topological polar surface area (TPSA) is 121 Å². The molecule has 0 spiro atoms. The zero-order valence-electron chi connectivity index (χ0n) is 3.30. The van der Waals surface area contributed by atoms with E-state index in [9.17, 15) is 0 Å². The average molecular weight is 412 g/mol. The first-order chi connectivity index (χ1) is 2.00. The van der Waals surface area contributed by atoms with Gasteiger partial charge in [-0.2, -0.15) is 0 Å². The van der Waals surface area contributed by atoms with E-state index in [0.717, 1.165) is 0 Å². The fourth-order valence-electron chi connectivity index (χ4n) is 0. The van der Waals surface area contributed by atoms with Crippen molar-refractivity contribution < 1.29 is 123 Å². The van der Waals surface area contributed by atoms with Crippen molar-refractivity contribution in [1.29, 1.82) is 0 Å². The van der Waals surface area contributed by atoms with Crippen LogP contribution in [-0.2, 0) is 5.48 Å². The van der Waals surface area contributed by atoms with Gasteiger partial charge in [0, 0.05) is 0 Å². The first-order valence-corrected chi connectivity index (χ1v) is 2.45. The monoisotopic (exact) mass is 414 g/mol. The summed E-state index contributed by atoms with van der Waals surface area (Å²) in [6, 6.07) is 0. The Morgan fingerprint density at radius 1 is 0.750 bits per heavy atom. The van der Waals surface area contributed by atoms with Gasteiger partial charge < -0.3 is 33.7 Å². The summed E-state index contributed by atoms with van der Waals surface area (Å²) in [6.45, 7) is 0. The summed E-state index contributed by atoms with van der Waals surface area (Å²) in [5.74, 6) is 0. The molecule has 48 valence electrons. The fourth-order valence-corrected chi connectivity index (χ4v) is 0. The summed E-state index contributed by atoms with van der Waals surface area (Å²) in [6.07, 6.45) is 0. The van der Waals surface area contributed by atoms with Crippen LogP contribution in [0.5, 0.6) is 0 Å². The first-order valence-electron chi connectivity index (χ1n) is 0.816. The molecule has 0 fully saturated rings. The van der Waals surface area contributed by atoms with E-state index >= 15 is 0 Å². The van der Waals surface area contributed by atoms with Gasteiger partial charge in [-0.1, -0.05) is 0 Å². The molecule has 8 heavy (non-hydrogen) atoms. The van der Waals surface area contributed by atoms with E-state index in [-0.39, 0.29) is 104 Å². The van der Waals surface area contributed by atoms with Gasteiger partial charge in [-0.15, -0.1) is 0 Å². The molecule has 0 bridgehead atoms. The van der Waals surface area contributed by atoms with E-state index in [1.165, 1.54) is 0 Å². The smallest absolute Gasteiger partial charge is 2.00 e. The molecule has 0 rings (SSSR count). The Morgan fingerprint density at radius 3 is 0.750 bits per heavy atom. The van der Waals surface area contributed by atoms with Crippen LogP contribution >= 0.6 is 0 Å². The molecular formula is Eu2O5Si. The minimum absolute atomic E-state index is 0. The molecule has 0 aliphatic carbocycles. The van der Waals surface area contributed by atoms with Crippen molar-refractivity contribution in [3.8, 4) is 0 Å². The molecule has 0 aliphatic heterocycles. The van der Waals surface area contributed by atoms with Gasteiger partial charge in [0.25, 0.3) is 0 Å². The molecule has 0 aromatic carbocycles. The Hall–Kier alpha value is 3.19. The maximum absolute atomic E-state index is 8.58. The maximum atomic E-state index is 8.58. The predicted molar refractivity (Wildman–Crippen MR) is 6.44 cm³/mol. The SMILES string of the molecule is [Eu+3].[Eu+3].[O-2].[O-][Si]([O-])([O-])[O-]. The van der Waals surface area contributed by atoms with Crippen LogP contribution in [0.15, 0.2) is 0 Å². The molecule has 0 N–H and O–H groups in total. The molecule has 0 radical (unpaired) electrons. The molecule has 0 atom stereocenters. The second-order valence-electron chi connectivity index (χ2n) is 0.500. The minimum Gasteiger partial charge on any atom is -2.00 e. The van der Waals surface area contributed by atoms with Crippen molar-refractivity contribution in [3.63, 3.8) is 0 Å². The summed E-state index contributed by atoms with van der Waals surface area (Å²) in [5, 5.41) is 0. The summed E-state index contributed by atoms with van der Waals surface area (Å²) in [5.41, 5.74) is 0. The molecule has 0 aliphatic rings. The van der Waals surface area contributed by atoms with Crippen LogP contribution in [0.1, 0.15) is 0 Å². The molecule has 8 heteroatoms. The van der Waals surface area contributed by atoms with Gasteiger partial charge in [-0.3, -0.25) is 0 Å². The second kappa shape index (κ2) is 10.2. The normalized spacial score (nSPS) is 7.50. The predicted octanol–water partition coefficient (Wildman–Crippen LogP) is -5.26. The van der Waals surface area contributed by atoms with E-state index in [2.05, 4.69) is 0 Å². The average Bonchev–Trinajstić information content (AvgIpc) is 0.722. The summed E-state index contributed by atoms with van der Waals surface area (Å²) < 4.78 is 0. The molecule has 0 heterocycles. The summed E-state index contributed by atoms with van der Waals surface area (Å²) >= 11 is 0. The van der Waals surface area contributed by atoms with E-state index < -0.39 is 9.05 Å². The number of rotatable bonds is 0. The van der Waals surface area contributed by atoms with Crippen LogP contribution in [0.25, 0.3) is 0 Å². The van der Waals surface area contributed by atoms with Crippen molar-refractivity contribution in [2.75, 3.05) is 0 Å². The minimum atomic E-state index is -5.61. The Labute approximate surface area is 129 Å². The second-order valence-corrected chi connectivity index (χ2v) is 1.50. The molecule has 0 saturated heterocycles. The third-order valence-electron chi connectivity index (χ3n) is 0. The zero-order chi connectivity index (χ0) is 4.50. The maximum Gasteiger partial charge on any atom is 3.00 e. The molecule has 0 saturated carbocycles. The number of hydrogen-bond donors (Lipinski definition) is 0. The van der Waals surface area contributed by atoms with Gasteiger partial charge in [-0.25, -0.2) is 0 Å². The van der Waals surface area contributed by atoms with E-state index in [4.69, 9.17) is 19.2 Å². The van der Waals surface area contributed by atoms with E-state index in [1.54, 1.807) is 0 Å². The van der Waals surface area contributed by atoms with Gasteiger partial charge in [0.15, 0.2) is 0 Å². The molecule has 0 amide bonds. The Kier molecular flexibility index (Phi) is 28.6. The van der Waals surface area contributed by atoms with Crippen molar-refractivity contribution >= 4 is 9.05 Å². The fraction of sp³-hybridized carbons (Fsp3) is 0. The standard InChI is InChI=1S/2Eu.O4Si.O/c;;1-5(2,3)4;/q2*+3;-4;-2. The third kappa shape index (κ3) is 60.6. The number of hydrogen-bond acceptors (Lipinski definition) is 4.